The fraction of sp³-hybridized carbons (Fsp3) is 0.700. The van der Waals surface area contributed by atoms with Gasteiger partial charge in [-0.15, -0.1) is 0 Å². The van der Waals surface area contributed by atoms with E-state index in [4.69, 9.17) is 24.0 Å². The van der Waals surface area contributed by atoms with Crippen LogP contribution >= 0.6 is 0 Å². The van der Waals surface area contributed by atoms with Crippen LogP contribution in [0.4, 0.5) is 0 Å². The standard InChI is InChI=1S/C20H26O5/c1-13-16-10-6-7-14-11-12-19(2)23-18(20(14,16)25-24-19)22-17(13)21-15-8-4-3-5-9-15/h3-5,8-9,13-14,16-18H,6-7,10-12H2,1-2H3/t13-,14?,16+,17+,18-,19+,20?/m1/s1. The van der Waals surface area contributed by atoms with Crippen LogP contribution in [0.5, 0.6) is 5.75 Å². The van der Waals surface area contributed by atoms with E-state index in [-0.39, 0.29) is 12.2 Å². The number of hydrogen-bond acceptors (Lipinski definition) is 5. The molecule has 2 unspecified atom stereocenters. The molecule has 4 aliphatic heterocycles. The summed E-state index contributed by atoms with van der Waals surface area (Å²) in [6.45, 7) is 4.15. The second-order valence-electron chi connectivity index (χ2n) is 8.17. The summed E-state index contributed by atoms with van der Waals surface area (Å²) >= 11 is 0. The molecule has 0 N–H and O–H groups in total. The van der Waals surface area contributed by atoms with Crippen LogP contribution in [0.3, 0.4) is 0 Å². The van der Waals surface area contributed by atoms with E-state index in [9.17, 15) is 0 Å². The highest BCUT2D eigenvalue weighted by Crippen LogP contribution is 2.59. The molecule has 2 bridgehead atoms. The summed E-state index contributed by atoms with van der Waals surface area (Å²) in [6, 6.07) is 9.86. The number of hydrogen-bond donors (Lipinski definition) is 0. The average Bonchev–Trinajstić information content (AvgIpc) is 2.85. The van der Waals surface area contributed by atoms with Crippen LogP contribution in [0.2, 0.25) is 0 Å². The predicted octanol–water partition coefficient (Wildman–Crippen LogP) is 4.03. The van der Waals surface area contributed by atoms with Crippen molar-refractivity contribution in [3.63, 3.8) is 0 Å². The maximum absolute atomic E-state index is 6.36. The molecule has 1 saturated carbocycles. The molecule has 0 radical (unpaired) electrons. The van der Waals surface area contributed by atoms with Crippen molar-refractivity contribution in [2.24, 2.45) is 17.8 Å². The lowest BCUT2D eigenvalue weighted by Crippen LogP contribution is -2.69. The summed E-state index contributed by atoms with van der Waals surface area (Å²) < 4.78 is 18.8. The Kier molecular flexibility index (Phi) is 3.65. The summed E-state index contributed by atoms with van der Waals surface area (Å²) in [5.41, 5.74) is -0.496. The van der Waals surface area contributed by atoms with E-state index in [1.54, 1.807) is 0 Å². The first-order chi connectivity index (χ1) is 12.1. The third-order valence-corrected chi connectivity index (χ3v) is 6.64. The van der Waals surface area contributed by atoms with E-state index in [0.29, 0.717) is 11.8 Å². The van der Waals surface area contributed by atoms with Crippen LogP contribution in [0.15, 0.2) is 30.3 Å². The Labute approximate surface area is 148 Å². The van der Waals surface area contributed by atoms with Gasteiger partial charge in [-0.3, -0.25) is 0 Å². The molecular formula is C20H26O5. The summed E-state index contributed by atoms with van der Waals surface area (Å²) in [5, 5.41) is 0. The Bertz CT molecular complexity index is 636. The van der Waals surface area contributed by atoms with Crippen molar-refractivity contribution in [2.75, 3.05) is 0 Å². The van der Waals surface area contributed by atoms with Gasteiger partial charge in [-0.2, -0.15) is 0 Å². The van der Waals surface area contributed by atoms with Crippen LogP contribution in [0.1, 0.15) is 46.0 Å². The fourth-order valence-electron chi connectivity index (χ4n) is 5.29. The van der Waals surface area contributed by atoms with Gasteiger partial charge in [0.25, 0.3) is 0 Å². The number of rotatable bonds is 2. The molecule has 5 aliphatic rings. The summed E-state index contributed by atoms with van der Waals surface area (Å²) in [7, 11) is 0. The normalized spacial score (nSPS) is 48.5. The lowest BCUT2D eigenvalue weighted by molar-refractivity contribution is -0.574. The highest BCUT2D eigenvalue weighted by molar-refractivity contribution is 5.21. The van der Waals surface area contributed by atoms with Gasteiger partial charge in [0.15, 0.2) is 11.9 Å². The zero-order chi connectivity index (χ0) is 17.1. The number of benzene rings is 1. The van der Waals surface area contributed by atoms with Crippen molar-refractivity contribution in [1.29, 1.82) is 0 Å². The molecule has 6 rings (SSSR count). The first-order valence-electron chi connectivity index (χ1n) is 9.52. The second-order valence-corrected chi connectivity index (χ2v) is 8.17. The second kappa shape index (κ2) is 5.68. The van der Waals surface area contributed by atoms with E-state index in [0.717, 1.165) is 31.4 Å². The molecule has 4 saturated heterocycles. The SMILES string of the molecule is C[C@H]1[C@@H](Oc2ccccc2)O[C@@H]2O[C@]3(C)CCC4CCC[C@@H]1C42OO3. The lowest BCUT2D eigenvalue weighted by atomic mass is 9.61. The van der Waals surface area contributed by atoms with Gasteiger partial charge in [0.1, 0.15) is 5.75 Å². The monoisotopic (exact) mass is 346 g/mol. The molecule has 7 atom stereocenters. The quantitative estimate of drug-likeness (QED) is 0.757. The highest BCUT2D eigenvalue weighted by Gasteiger charge is 2.68. The number of para-hydroxylation sites is 1. The lowest BCUT2D eigenvalue weighted by Gasteiger charge is -2.58. The molecule has 4 heterocycles. The van der Waals surface area contributed by atoms with Gasteiger partial charge in [-0.1, -0.05) is 31.5 Å². The zero-order valence-electron chi connectivity index (χ0n) is 14.9. The van der Waals surface area contributed by atoms with Crippen molar-refractivity contribution in [2.45, 2.75) is 69.9 Å². The summed E-state index contributed by atoms with van der Waals surface area (Å²) in [6.07, 6.45) is 4.58. The van der Waals surface area contributed by atoms with Crippen molar-refractivity contribution < 1.29 is 24.0 Å². The van der Waals surface area contributed by atoms with Gasteiger partial charge in [0, 0.05) is 18.3 Å². The highest BCUT2D eigenvalue weighted by atomic mass is 17.3. The average molecular weight is 346 g/mol. The van der Waals surface area contributed by atoms with Crippen molar-refractivity contribution in [3.8, 4) is 5.75 Å². The maximum atomic E-state index is 6.36. The first-order valence-corrected chi connectivity index (χ1v) is 9.52. The minimum Gasteiger partial charge on any atom is -0.465 e. The van der Waals surface area contributed by atoms with E-state index in [1.165, 1.54) is 6.42 Å². The van der Waals surface area contributed by atoms with Gasteiger partial charge in [-0.25, -0.2) is 9.78 Å². The molecule has 1 spiro atoms. The Balaban J connectivity index is 1.49. The van der Waals surface area contributed by atoms with Gasteiger partial charge < -0.3 is 14.2 Å². The molecule has 0 aromatic heterocycles. The molecule has 136 valence electrons. The Morgan fingerprint density at radius 3 is 2.76 bits per heavy atom. The molecule has 25 heavy (non-hydrogen) atoms. The van der Waals surface area contributed by atoms with Crippen LogP contribution in [-0.2, 0) is 19.2 Å². The predicted molar refractivity (Wildman–Crippen MR) is 89.4 cm³/mol. The fourth-order valence-corrected chi connectivity index (χ4v) is 5.29. The summed E-state index contributed by atoms with van der Waals surface area (Å²) in [5.74, 6) is 1.02. The van der Waals surface area contributed by atoms with Crippen LogP contribution in [0.25, 0.3) is 0 Å². The zero-order valence-corrected chi connectivity index (χ0v) is 14.9. The largest absolute Gasteiger partial charge is 0.465 e. The van der Waals surface area contributed by atoms with Crippen molar-refractivity contribution in [1.82, 2.24) is 0 Å². The van der Waals surface area contributed by atoms with Crippen LogP contribution in [0, 0.1) is 17.8 Å². The minimum absolute atomic E-state index is 0.203. The Morgan fingerprint density at radius 2 is 1.92 bits per heavy atom. The van der Waals surface area contributed by atoms with Gasteiger partial charge in [0.05, 0.1) is 0 Å². The molecule has 5 fully saturated rings. The molecular weight excluding hydrogens is 320 g/mol. The molecule has 5 nitrogen and oxygen atoms in total. The van der Waals surface area contributed by atoms with E-state index < -0.39 is 17.7 Å². The van der Waals surface area contributed by atoms with E-state index >= 15 is 0 Å². The van der Waals surface area contributed by atoms with Crippen molar-refractivity contribution >= 4 is 0 Å². The molecule has 1 aromatic rings. The third kappa shape index (κ3) is 2.36. The van der Waals surface area contributed by atoms with Gasteiger partial charge >= 0.3 is 0 Å². The topological polar surface area (TPSA) is 46.2 Å². The van der Waals surface area contributed by atoms with Gasteiger partial charge in [-0.05, 0) is 44.2 Å². The van der Waals surface area contributed by atoms with E-state index in [2.05, 4.69) is 6.92 Å². The molecule has 0 amide bonds. The smallest absolute Gasteiger partial charge is 0.205 e. The van der Waals surface area contributed by atoms with Crippen LogP contribution < -0.4 is 4.74 Å². The molecule has 1 aliphatic carbocycles. The van der Waals surface area contributed by atoms with E-state index in [1.807, 2.05) is 37.3 Å². The third-order valence-electron chi connectivity index (χ3n) is 6.64. The Morgan fingerprint density at radius 1 is 1.08 bits per heavy atom. The molecule has 5 heteroatoms. The first kappa shape index (κ1) is 16.1. The summed E-state index contributed by atoms with van der Waals surface area (Å²) in [4.78, 5) is 11.9. The van der Waals surface area contributed by atoms with Crippen LogP contribution in [-0.4, -0.2) is 24.0 Å². The minimum atomic E-state index is -0.727. The van der Waals surface area contributed by atoms with Gasteiger partial charge in [0.2, 0.25) is 12.1 Å². The number of ether oxygens (including phenoxy) is 3. The number of fused-ring (bicyclic) bond motifs is 2. The molecule has 1 aromatic carbocycles. The maximum Gasteiger partial charge on any atom is 0.205 e. The van der Waals surface area contributed by atoms with Crippen molar-refractivity contribution in [3.05, 3.63) is 30.3 Å². The Hall–Kier alpha value is -1.14.